The summed E-state index contributed by atoms with van der Waals surface area (Å²) in [6.07, 6.45) is 0.0654. The van der Waals surface area contributed by atoms with Crippen LogP contribution in [-0.2, 0) is 25.7 Å². The fraction of sp³-hybridized carbons (Fsp3) is 0.441. The van der Waals surface area contributed by atoms with E-state index in [1.54, 1.807) is 19.6 Å². The van der Waals surface area contributed by atoms with Gasteiger partial charge in [-0.2, -0.15) is 0 Å². The number of urea groups is 1. The predicted octanol–water partition coefficient (Wildman–Crippen LogP) is 0.551. The van der Waals surface area contributed by atoms with E-state index in [1.165, 1.54) is 0 Å². The monoisotopic (exact) mass is 662 g/mol. The minimum absolute atomic E-state index is 0.0400. The summed E-state index contributed by atoms with van der Waals surface area (Å²) in [4.78, 5) is 69.7. The largest absolute Gasteiger partial charge is 0.480 e. The van der Waals surface area contributed by atoms with Crippen molar-refractivity contribution in [1.82, 2.24) is 24.9 Å². The van der Waals surface area contributed by atoms with Crippen LogP contribution < -0.4 is 10.2 Å². The van der Waals surface area contributed by atoms with Crippen LogP contribution in [0.5, 0.6) is 0 Å². The first-order valence-electron chi connectivity index (χ1n) is 15.9. The molecule has 0 atom stereocenters. The standard InChI is InChI=1S/C34H42N6O8/c41-29(11-12-35-34(48)40-21-28-7-2-1-5-26(28)9-10-27-6-3-4-8-30(27)40)22-36-13-15-37(23-31(42)43)17-19-39(25-33(46)47)20-18-38(16-14-36)24-32(44)45/h1-8H,11-25H2,(H,35,48)(H,42,43)(H,44,45)(H,46,47). The second-order valence-electron chi connectivity index (χ2n) is 11.8. The Balaban J connectivity index is 1.38. The van der Waals surface area contributed by atoms with Crippen LogP contribution in [0.2, 0.25) is 0 Å². The minimum Gasteiger partial charge on any atom is -0.480 e. The van der Waals surface area contributed by atoms with Gasteiger partial charge >= 0.3 is 23.9 Å². The number of carbonyl (C=O) groups is 5. The molecule has 0 spiro atoms. The van der Waals surface area contributed by atoms with Gasteiger partial charge in [0, 0.05) is 76.5 Å². The van der Waals surface area contributed by atoms with Crippen molar-refractivity contribution in [3.05, 3.63) is 65.2 Å². The number of carbonyl (C=O) groups excluding carboxylic acids is 2. The van der Waals surface area contributed by atoms with Crippen molar-refractivity contribution in [2.24, 2.45) is 0 Å². The number of carboxylic acid groups (broad SMARTS) is 3. The van der Waals surface area contributed by atoms with E-state index in [9.17, 15) is 39.3 Å². The van der Waals surface area contributed by atoms with Crippen molar-refractivity contribution in [3.8, 4) is 11.8 Å². The van der Waals surface area contributed by atoms with Gasteiger partial charge in [0.05, 0.1) is 38.4 Å². The van der Waals surface area contributed by atoms with E-state index >= 15 is 0 Å². The van der Waals surface area contributed by atoms with Crippen molar-refractivity contribution >= 4 is 35.4 Å². The molecule has 2 heterocycles. The Morgan fingerprint density at radius 3 is 1.56 bits per heavy atom. The Kier molecular flexibility index (Phi) is 13.5. The lowest BCUT2D eigenvalue weighted by molar-refractivity contribution is -0.140. The maximum absolute atomic E-state index is 13.5. The number of hydrogen-bond donors (Lipinski definition) is 4. The first-order valence-corrected chi connectivity index (χ1v) is 15.9. The Morgan fingerprint density at radius 2 is 1.04 bits per heavy atom. The van der Waals surface area contributed by atoms with Crippen LogP contribution in [0.4, 0.5) is 10.5 Å². The molecule has 0 bridgehead atoms. The zero-order valence-corrected chi connectivity index (χ0v) is 26.8. The number of aliphatic carboxylic acids is 3. The van der Waals surface area contributed by atoms with Gasteiger partial charge in [0.25, 0.3) is 0 Å². The summed E-state index contributed by atoms with van der Waals surface area (Å²) in [6, 6.07) is 14.7. The normalized spacial score (nSPS) is 16.8. The highest BCUT2D eigenvalue weighted by Crippen LogP contribution is 2.25. The number of carboxylic acids is 3. The molecule has 0 saturated carbocycles. The molecule has 14 heteroatoms. The van der Waals surface area contributed by atoms with Crippen LogP contribution in [0.1, 0.15) is 23.1 Å². The van der Waals surface area contributed by atoms with E-state index in [0.717, 1.165) is 16.7 Å². The van der Waals surface area contributed by atoms with Gasteiger partial charge in [-0.15, -0.1) is 0 Å². The van der Waals surface area contributed by atoms with Crippen LogP contribution in [0, 0.1) is 11.8 Å². The number of rotatable bonds is 11. The molecule has 14 nitrogen and oxygen atoms in total. The van der Waals surface area contributed by atoms with Crippen LogP contribution in [0.3, 0.4) is 0 Å². The Morgan fingerprint density at radius 1 is 0.604 bits per heavy atom. The average Bonchev–Trinajstić information content (AvgIpc) is 3.02. The molecule has 0 radical (unpaired) electrons. The molecular weight excluding hydrogens is 620 g/mol. The maximum atomic E-state index is 13.5. The van der Waals surface area contributed by atoms with E-state index < -0.39 is 17.9 Å². The lowest BCUT2D eigenvalue weighted by Crippen LogP contribution is -2.49. The van der Waals surface area contributed by atoms with Gasteiger partial charge in [-0.05, 0) is 23.8 Å². The Hall–Kier alpha value is -4.81. The number of hydrogen-bond acceptors (Lipinski definition) is 9. The number of amides is 2. The van der Waals surface area contributed by atoms with Crippen molar-refractivity contribution < 1.29 is 39.3 Å². The molecule has 4 N–H and O–H groups in total. The molecule has 48 heavy (non-hydrogen) atoms. The van der Waals surface area contributed by atoms with E-state index in [0.29, 0.717) is 64.6 Å². The SMILES string of the molecule is O=C(O)CN1CCN(CC(=O)O)CCN(CC(=O)CCNC(=O)N2Cc3ccccc3C#Cc3ccccc32)CCN(CC(=O)O)CC1. The number of nitrogens with zero attached hydrogens (tertiary/aromatic N) is 5. The van der Waals surface area contributed by atoms with E-state index in [1.807, 2.05) is 53.4 Å². The second kappa shape index (κ2) is 17.9. The van der Waals surface area contributed by atoms with Gasteiger partial charge in [0.1, 0.15) is 5.78 Å². The number of fused-ring (bicyclic) bond motifs is 2. The lowest BCUT2D eigenvalue weighted by atomic mass is 10.0. The van der Waals surface area contributed by atoms with E-state index in [-0.39, 0.29) is 51.0 Å². The first kappa shape index (κ1) is 36.0. The molecule has 2 aliphatic heterocycles. The molecule has 2 amide bonds. The molecule has 256 valence electrons. The number of para-hydroxylation sites is 1. The smallest absolute Gasteiger partial charge is 0.322 e. The molecule has 0 aliphatic carbocycles. The summed E-state index contributed by atoms with van der Waals surface area (Å²) in [7, 11) is 0. The highest BCUT2D eigenvalue weighted by atomic mass is 16.4. The lowest BCUT2D eigenvalue weighted by Gasteiger charge is -2.32. The van der Waals surface area contributed by atoms with E-state index in [4.69, 9.17) is 0 Å². The van der Waals surface area contributed by atoms with E-state index in [2.05, 4.69) is 17.2 Å². The zero-order valence-electron chi connectivity index (χ0n) is 26.8. The topological polar surface area (TPSA) is 174 Å². The summed E-state index contributed by atoms with van der Waals surface area (Å²) in [5.74, 6) is 3.16. The minimum atomic E-state index is -1.02. The average molecular weight is 663 g/mol. The fourth-order valence-corrected chi connectivity index (χ4v) is 5.68. The van der Waals surface area contributed by atoms with Crippen molar-refractivity contribution in [1.29, 1.82) is 0 Å². The van der Waals surface area contributed by atoms with Crippen molar-refractivity contribution in [3.63, 3.8) is 0 Å². The van der Waals surface area contributed by atoms with Gasteiger partial charge in [0.2, 0.25) is 0 Å². The van der Waals surface area contributed by atoms with Crippen LogP contribution >= 0.6 is 0 Å². The van der Waals surface area contributed by atoms with Gasteiger partial charge in [-0.25, -0.2) is 4.79 Å². The molecule has 2 aliphatic rings. The molecule has 0 unspecified atom stereocenters. The quantitative estimate of drug-likeness (QED) is 0.247. The summed E-state index contributed by atoms with van der Waals surface area (Å²) in [5, 5.41) is 31.1. The first-order chi connectivity index (χ1) is 23.1. The van der Waals surface area contributed by atoms with Crippen molar-refractivity contribution in [2.75, 3.05) is 90.0 Å². The summed E-state index contributed by atoms with van der Waals surface area (Å²) in [6.45, 7) is 2.21. The third-order valence-electron chi connectivity index (χ3n) is 8.20. The van der Waals surface area contributed by atoms with Gasteiger partial charge in [-0.1, -0.05) is 42.2 Å². The molecule has 1 fully saturated rings. The molecule has 4 rings (SSSR count). The molecule has 2 aromatic rings. The van der Waals surface area contributed by atoms with Crippen LogP contribution in [0.25, 0.3) is 0 Å². The summed E-state index contributed by atoms with van der Waals surface area (Å²) in [5.41, 5.74) is 3.14. The number of benzene rings is 2. The molecule has 2 aromatic carbocycles. The summed E-state index contributed by atoms with van der Waals surface area (Å²) < 4.78 is 0. The summed E-state index contributed by atoms with van der Waals surface area (Å²) >= 11 is 0. The Labute approximate surface area is 279 Å². The maximum Gasteiger partial charge on any atom is 0.322 e. The molecular formula is C34H42N6O8. The molecule has 0 aromatic heterocycles. The number of Topliss-reactive ketones (excluding diaryl/α,β-unsaturated/α-hetero) is 1. The Bertz CT molecular complexity index is 1510. The van der Waals surface area contributed by atoms with Gasteiger partial charge < -0.3 is 20.6 Å². The van der Waals surface area contributed by atoms with Crippen LogP contribution in [-0.4, -0.2) is 150 Å². The zero-order chi connectivity index (χ0) is 34.5. The van der Waals surface area contributed by atoms with Crippen LogP contribution in [0.15, 0.2) is 48.5 Å². The number of anilines is 1. The third-order valence-corrected chi connectivity index (χ3v) is 8.20. The number of nitrogens with one attached hydrogen (secondary N) is 1. The highest BCUT2D eigenvalue weighted by molar-refractivity contribution is 5.94. The van der Waals surface area contributed by atoms with Gasteiger partial charge in [-0.3, -0.25) is 43.7 Å². The number of ketones is 1. The highest BCUT2D eigenvalue weighted by Gasteiger charge is 2.23. The van der Waals surface area contributed by atoms with Crippen molar-refractivity contribution in [2.45, 2.75) is 13.0 Å². The van der Waals surface area contributed by atoms with Gasteiger partial charge in [0.15, 0.2) is 0 Å². The predicted molar refractivity (Wildman–Crippen MR) is 177 cm³/mol. The molecule has 1 saturated heterocycles. The second-order valence-corrected chi connectivity index (χ2v) is 11.8. The third kappa shape index (κ3) is 11.5. The fourth-order valence-electron chi connectivity index (χ4n) is 5.68.